The number of furan rings is 1. The molecule has 0 aliphatic rings. The van der Waals surface area contributed by atoms with Crippen molar-refractivity contribution < 1.29 is 14.0 Å². The molecule has 0 aliphatic heterocycles. The summed E-state index contributed by atoms with van der Waals surface area (Å²) in [7, 11) is 0. The molecule has 2 N–H and O–H groups in total. The Balaban J connectivity index is 1.59. The van der Waals surface area contributed by atoms with E-state index in [0.717, 1.165) is 11.4 Å². The van der Waals surface area contributed by atoms with E-state index in [1.165, 1.54) is 6.07 Å². The van der Waals surface area contributed by atoms with Crippen LogP contribution in [0, 0.1) is 13.8 Å². The van der Waals surface area contributed by atoms with Gasteiger partial charge in [0.25, 0.3) is 5.91 Å². The van der Waals surface area contributed by atoms with Gasteiger partial charge in [0.05, 0.1) is 10.7 Å². The summed E-state index contributed by atoms with van der Waals surface area (Å²) >= 11 is 6.12. The predicted octanol–water partition coefficient (Wildman–Crippen LogP) is 2.87. The zero-order valence-electron chi connectivity index (χ0n) is 14.2. The summed E-state index contributed by atoms with van der Waals surface area (Å²) < 4.78 is 7.07. The molecule has 0 spiro atoms. The van der Waals surface area contributed by atoms with Gasteiger partial charge in [0.1, 0.15) is 12.3 Å². The zero-order valence-corrected chi connectivity index (χ0v) is 15.0. The monoisotopic (exact) mass is 372 g/mol. The number of nitrogens with one attached hydrogen (secondary N) is 2. The summed E-state index contributed by atoms with van der Waals surface area (Å²) in [5, 5.41) is 4.71. The van der Waals surface area contributed by atoms with Crippen LogP contribution in [0.5, 0.6) is 0 Å². The maximum absolute atomic E-state index is 12.1. The largest absolute Gasteiger partial charge is 0.451 e. The van der Waals surface area contributed by atoms with E-state index in [1.807, 2.05) is 26.0 Å². The van der Waals surface area contributed by atoms with Crippen LogP contribution in [-0.2, 0) is 11.3 Å². The highest BCUT2D eigenvalue weighted by Gasteiger charge is 2.15. The number of aromatic nitrogens is 2. The number of rotatable bonds is 4. The van der Waals surface area contributed by atoms with Gasteiger partial charge in [0, 0.05) is 11.3 Å². The summed E-state index contributed by atoms with van der Waals surface area (Å²) in [5.74, 6) is -0.437. The van der Waals surface area contributed by atoms with E-state index in [9.17, 15) is 9.59 Å². The third-order valence-corrected chi connectivity index (χ3v) is 4.01. The molecular weight excluding hydrogens is 356 g/mol. The fraction of sp³-hybridized carbons (Fsp3) is 0.167. The van der Waals surface area contributed by atoms with E-state index in [2.05, 4.69) is 16.0 Å². The molecule has 0 saturated heterocycles. The molecule has 1 aromatic carbocycles. The van der Waals surface area contributed by atoms with Crippen molar-refractivity contribution in [2.45, 2.75) is 20.4 Å². The van der Waals surface area contributed by atoms with Crippen LogP contribution in [0.25, 0.3) is 11.3 Å². The van der Waals surface area contributed by atoms with E-state index < -0.39 is 11.8 Å². The number of aryl methyl sites for hydroxylation is 2. The lowest BCUT2D eigenvalue weighted by molar-refractivity contribution is -0.122. The molecule has 7 nitrogen and oxygen atoms in total. The molecule has 0 bridgehead atoms. The highest BCUT2D eigenvalue weighted by atomic mass is 35.5. The van der Waals surface area contributed by atoms with Crippen LogP contribution < -0.4 is 10.9 Å². The van der Waals surface area contributed by atoms with Crippen molar-refractivity contribution in [3.63, 3.8) is 0 Å². The van der Waals surface area contributed by atoms with Crippen molar-refractivity contribution in [3.8, 4) is 11.3 Å². The van der Waals surface area contributed by atoms with Gasteiger partial charge >= 0.3 is 5.91 Å². The minimum Gasteiger partial charge on any atom is -0.451 e. The first-order chi connectivity index (χ1) is 12.4. The molecule has 26 heavy (non-hydrogen) atoms. The third-order valence-electron chi connectivity index (χ3n) is 3.68. The number of hydrazine groups is 1. The molecule has 0 aliphatic carbocycles. The average molecular weight is 373 g/mol. The normalized spacial score (nSPS) is 10.6. The molecule has 3 rings (SSSR count). The van der Waals surface area contributed by atoms with Gasteiger partial charge in [0.2, 0.25) is 0 Å². The molecule has 2 amide bonds. The number of benzene rings is 1. The zero-order chi connectivity index (χ0) is 18.7. The summed E-state index contributed by atoms with van der Waals surface area (Å²) in [6.45, 7) is 3.70. The number of amides is 2. The van der Waals surface area contributed by atoms with Crippen LogP contribution in [0.3, 0.4) is 0 Å². The second-order valence-electron chi connectivity index (χ2n) is 5.73. The lowest BCUT2D eigenvalue weighted by Gasteiger charge is -2.07. The van der Waals surface area contributed by atoms with Crippen LogP contribution >= 0.6 is 11.6 Å². The first-order valence-electron chi connectivity index (χ1n) is 7.89. The van der Waals surface area contributed by atoms with Gasteiger partial charge in [-0.05, 0) is 44.2 Å². The predicted molar refractivity (Wildman–Crippen MR) is 96.5 cm³/mol. The molecule has 134 valence electrons. The smallest absolute Gasteiger partial charge is 0.305 e. The number of halogens is 1. The third kappa shape index (κ3) is 3.94. The number of nitrogens with zero attached hydrogens (tertiary/aromatic N) is 2. The number of carbonyl (C=O) groups is 2. The molecule has 0 fully saturated rings. The SMILES string of the molecule is Cc1cc(C)n(CC(=O)NNC(=O)c2ccc(-c3ccccc3Cl)o2)n1. The van der Waals surface area contributed by atoms with E-state index in [-0.39, 0.29) is 12.3 Å². The maximum atomic E-state index is 12.1. The first kappa shape index (κ1) is 17.8. The second kappa shape index (κ2) is 7.45. The van der Waals surface area contributed by atoms with Crippen LogP contribution in [0.4, 0.5) is 0 Å². The van der Waals surface area contributed by atoms with Gasteiger partial charge < -0.3 is 4.42 Å². The molecule has 0 unspecified atom stereocenters. The Kier molecular flexibility index (Phi) is 5.09. The van der Waals surface area contributed by atoms with E-state index in [4.69, 9.17) is 16.0 Å². The highest BCUT2D eigenvalue weighted by molar-refractivity contribution is 6.33. The van der Waals surface area contributed by atoms with Crippen LogP contribution in [0.2, 0.25) is 5.02 Å². The highest BCUT2D eigenvalue weighted by Crippen LogP contribution is 2.28. The first-order valence-corrected chi connectivity index (χ1v) is 8.27. The van der Waals surface area contributed by atoms with Crippen LogP contribution in [0.1, 0.15) is 21.9 Å². The van der Waals surface area contributed by atoms with Gasteiger partial charge in [-0.15, -0.1) is 0 Å². The van der Waals surface area contributed by atoms with Crippen LogP contribution in [-0.4, -0.2) is 21.6 Å². The van der Waals surface area contributed by atoms with E-state index >= 15 is 0 Å². The molecule has 0 radical (unpaired) electrons. The summed E-state index contributed by atoms with van der Waals surface area (Å²) in [6, 6.07) is 12.2. The standard InChI is InChI=1S/C18H17ClN4O3/c1-11-9-12(2)23(22-11)10-17(24)20-21-18(25)16-8-7-15(26-16)13-5-3-4-6-14(13)19/h3-9H,10H2,1-2H3,(H,20,24)(H,21,25). The molecule has 2 heterocycles. The number of hydrogen-bond donors (Lipinski definition) is 2. The van der Waals surface area contributed by atoms with Crippen molar-refractivity contribution in [1.29, 1.82) is 0 Å². The van der Waals surface area contributed by atoms with E-state index in [1.54, 1.807) is 28.9 Å². The summed E-state index contributed by atoms with van der Waals surface area (Å²) in [5.41, 5.74) is 7.02. The van der Waals surface area contributed by atoms with Gasteiger partial charge in [0.15, 0.2) is 5.76 Å². The maximum Gasteiger partial charge on any atom is 0.305 e. The summed E-state index contributed by atoms with van der Waals surface area (Å²) in [4.78, 5) is 24.1. The quantitative estimate of drug-likeness (QED) is 0.689. The molecule has 8 heteroatoms. The topological polar surface area (TPSA) is 89.2 Å². The minimum absolute atomic E-state index is 0.00296. The van der Waals surface area contributed by atoms with Gasteiger partial charge in [-0.3, -0.25) is 25.1 Å². The van der Waals surface area contributed by atoms with E-state index in [0.29, 0.717) is 16.3 Å². The Labute approximate surface area is 154 Å². The number of hydrogen-bond acceptors (Lipinski definition) is 4. The fourth-order valence-electron chi connectivity index (χ4n) is 2.46. The number of carbonyl (C=O) groups excluding carboxylic acids is 2. The van der Waals surface area contributed by atoms with Crippen LogP contribution in [0.15, 0.2) is 46.9 Å². The van der Waals surface area contributed by atoms with Gasteiger partial charge in [-0.1, -0.05) is 23.7 Å². The Morgan fingerprint density at radius 3 is 2.62 bits per heavy atom. The second-order valence-corrected chi connectivity index (χ2v) is 6.14. The Morgan fingerprint density at radius 2 is 1.92 bits per heavy atom. The lowest BCUT2D eigenvalue weighted by Crippen LogP contribution is -2.43. The lowest BCUT2D eigenvalue weighted by atomic mass is 10.2. The van der Waals surface area contributed by atoms with Crippen molar-refractivity contribution in [3.05, 3.63) is 64.6 Å². The summed E-state index contributed by atoms with van der Waals surface area (Å²) in [6.07, 6.45) is 0. The molecule has 2 aromatic heterocycles. The van der Waals surface area contributed by atoms with Crippen molar-refractivity contribution in [1.82, 2.24) is 20.6 Å². The fourth-order valence-corrected chi connectivity index (χ4v) is 2.69. The van der Waals surface area contributed by atoms with Crippen molar-refractivity contribution in [2.75, 3.05) is 0 Å². The minimum atomic E-state index is -0.565. The molecule has 3 aromatic rings. The average Bonchev–Trinajstić information content (AvgIpc) is 3.20. The van der Waals surface area contributed by atoms with Gasteiger partial charge in [-0.2, -0.15) is 5.10 Å². The Hall–Kier alpha value is -3.06. The van der Waals surface area contributed by atoms with Crippen molar-refractivity contribution in [2.24, 2.45) is 0 Å². The molecular formula is C18H17ClN4O3. The molecule has 0 saturated carbocycles. The Morgan fingerprint density at radius 1 is 1.15 bits per heavy atom. The van der Waals surface area contributed by atoms with Crippen molar-refractivity contribution >= 4 is 23.4 Å². The Bertz CT molecular complexity index is 961. The molecule has 0 atom stereocenters. The van der Waals surface area contributed by atoms with Gasteiger partial charge in [-0.25, -0.2) is 0 Å².